The smallest absolute Gasteiger partial charge is 0.279 e. The fourth-order valence-electron chi connectivity index (χ4n) is 2.98. The predicted octanol–water partition coefficient (Wildman–Crippen LogP) is 3.40. The molecule has 2 aromatic heterocycles. The summed E-state index contributed by atoms with van der Waals surface area (Å²) in [5.74, 6) is -0.286. The Morgan fingerprint density at radius 2 is 1.79 bits per heavy atom. The average Bonchev–Trinajstić information content (AvgIpc) is 3.17. The molecule has 1 amide bonds. The van der Waals surface area contributed by atoms with Crippen LogP contribution in [-0.2, 0) is 11.3 Å². The highest BCUT2D eigenvalue weighted by Crippen LogP contribution is 2.30. The number of nitrogens with zero attached hydrogens (tertiary/aromatic N) is 3. The monoisotopic (exact) mass is 390 g/mol. The molecule has 0 aliphatic heterocycles. The lowest BCUT2D eigenvalue weighted by atomic mass is 10.1. The molecule has 6 nitrogen and oxygen atoms in total. The van der Waals surface area contributed by atoms with Crippen molar-refractivity contribution in [1.29, 1.82) is 0 Å². The van der Waals surface area contributed by atoms with Crippen molar-refractivity contribution >= 4 is 27.5 Å². The van der Waals surface area contributed by atoms with Gasteiger partial charge in [-0.05, 0) is 24.1 Å². The molecule has 0 fully saturated rings. The maximum absolute atomic E-state index is 12.8. The van der Waals surface area contributed by atoms with Crippen LogP contribution in [0.25, 0.3) is 20.7 Å². The first-order valence-electron chi connectivity index (χ1n) is 8.89. The quantitative estimate of drug-likeness (QED) is 0.567. The summed E-state index contributed by atoms with van der Waals surface area (Å²) in [6.07, 6.45) is 0. The van der Waals surface area contributed by atoms with Crippen LogP contribution < -0.4 is 10.9 Å². The van der Waals surface area contributed by atoms with Crippen LogP contribution in [0.4, 0.5) is 0 Å². The zero-order valence-corrected chi connectivity index (χ0v) is 16.0. The molecular weight excluding hydrogens is 372 g/mol. The van der Waals surface area contributed by atoms with Crippen LogP contribution in [0, 0.1) is 0 Å². The van der Waals surface area contributed by atoms with Crippen molar-refractivity contribution < 1.29 is 4.79 Å². The molecule has 2 heterocycles. The largest absolute Gasteiger partial charge is 0.348 e. The second-order valence-corrected chi connectivity index (χ2v) is 7.48. The first-order valence-corrected chi connectivity index (χ1v) is 9.70. The predicted molar refractivity (Wildman–Crippen MR) is 110 cm³/mol. The van der Waals surface area contributed by atoms with Gasteiger partial charge in [-0.25, -0.2) is 4.68 Å². The number of thiophene rings is 1. The zero-order valence-electron chi connectivity index (χ0n) is 15.2. The SMILES string of the molecule is C[C@H](NC(=O)Cn1nnc2sc(-c3ccccc3)cc2c1=O)c1ccccc1. The fraction of sp³-hybridized carbons (Fsp3) is 0.143. The Kier molecular flexibility index (Phi) is 4.99. The number of amides is 1. The summed E-state index contributed by atoms with van der Waals surface area (Å²) in [4.78, 5) is 26.6. The van der Waals surface area contributed by atoms with E-state index in [1.807, 2.05) is 73.7 Å². The molecule has 0 spiro atoms. The van der Waals surface area contributed by atoms with Crippen molar-refractivity contribution in [2.24, 2.45) is 0 Å². The van der Waals surface area contributed by atoms with E-state index in [2.05, 4.69) is 15.6 Å². The van der Waals surface area contributed by atoms with Crippen molar-refractivity contribution in [3.05, 3.63) is 82.6 Å². The standard InChI is InChI=1S/C21H18N4O2S/c1-14(15-8-4-2-5-9-15)22-19(26)13-25-21(27)17-12-18(28-20(17)23-24-25)16-10-6-3-7-11-16/h2-12,14H,13H2,1H3,(H,22,26)/t14-/m0/s1. The molecule has 28 heavy (non-hydrogen) atoms. The third-order valence-electron chi connectivity index (χ3n) is 4.45. The fourth-order valence-corrected chi connectivity index (χ4v) is 3.95. The Morgan fingerprint density at radius 1 is 1.11 bits per heavy atom. The number of hydrogen-bond acceptors (Lipinski definition) is 5. The van der Waals surface area contributed by atoms with E-state index in [9.17, 15) is 9.59 Å². The van der Waals surface area contributed by atoms with Crippen molar-refractivity contribution in [3.63, 3.8) is 0 Å². The molecule has 1 atom stereocenters. The van der Waals surface area contributed by atoms with Gasteiger partial charge in [0.15, 0.2) is 4.83 Å². The zero-order chi connectivity index (χ0) is 19.5. The molecule has 0 radical (unpaired) electrons. The minimum atomic E-state index is -0.314. The highest BCUT2D eigenvalue weighted by atomic mass is 32.1. The molecule has 4 rings (SSSR count). The van der Waals surface area contributed by atoms with Crippen LogP contribution in [0.1, 0.15) is 18.5 Å². The molecule has 0 bridgehead atoms. The van der Waals surface area contributed by atoms with Gasteiger partial charge in [-0.15, -0.1) is 16.4 Å². The van der Waals surface area contributed by atoms with E-state index in [1.54, 1.807) is 0 Å². The molecular formula is C21H18N4O2S. The number of aromatic nitrogens is 3. The lowest BCUT2D eigenvalue weighted by molar-refractivity contribution is -0.122. The molecule has 0 saturated heterocycles. The maximum atomic E-state index is 12.8. The van der Waals surface area contributed by atoms with E-state index in [0.717, 1.165) is 20.7 Å². The maximum Gasteiger partial charge on any atom is 0.279 e. The van der Waals surface area contributed by atoms with E-state index in [1.165, 1.54) is 11.3 Å². The van der Waals surface area contributed by atoms with Crippen LogP contribution in [0.2, 0.25) is 0 Å². The molecule has 4 aromatic rings. The first kappa shape index (κ1) is 18.1. The molecule has 1 N–H and O–H groups in total. The van der Waals surface area contributed by atoms with E-state index in [4.69, 9.17) is 0 Å². The van der Waals surface area contributed by atoms with Crippen molar-refractivity contribution in [2.45, 2.75) is 19.5 Å². The highest BCUT2D eigenvalue weighted by molar-refractivity contribution is 7.21. The van der Waals surface area contributed by atoms with Gasteiger partial charge in [0.2, 0.25) is 5.91 Å². The Bertz CT molecular complexity index is 1170. The van der Waals surface area contributed by atoms with Crippen LogP contribution in [0.5, 0.6) is 0 Å². The molecule has 2 aromatic carbocycles. The molecule has 140 valence electrons. The van der Waals surface area contributed by atoms with Crippen LogP contribution >= 0.6 is 11.3 Å². The van der Waals surface area contributed by atoms with Gasteiger partial charge < -0.3 is 5.32 Å². The van der Waals surface area contributed by atoms with Gasteiger partial charge in [0.05, 0.1) is 11.4 Å². The normalized spacial score (nSPS) is 12.0. The first-order chi connectivity index (χ1) is 13.6. The Balaban J connectivity index is 1.55. The second-order valence-electron chi connectivity index (χ2n) is 6.45. The summed E-state index contributed by atoms with van der Waals surface area (Å²) in [7, 11) is 0. The molecule has 7 heteroatoms. The second kappa shape index (κ2) is 7.74. The van der Waals surface area contributed by atoms with Crippen LogP contribution in [-0.4, -0.2) is 20.9 Å². The number of nitrogens with one attached hydrogen (secondary N) is 1. The van der Waals surface area contributed by atoms with E-state index < -0.39 is 0 Å². The lowest BCUT2D eigenvalue weighted by Crippen LogP contribution is -2.35. The van der Waals surface area contributed by atoms with Gasteiger partial charge in [-0.3, -0.25) is 9.59 Å². The van der Waals surface area contributed by atoms with E-state index in [-0.39, 0.29) is 24.1 Å². The number of fused-ring (bicyclic) bond motifs is 1. The molecule has 0 unspecified atom stereocenters. The Morgan fingerprint density at radius 3 is 2.50 bits per heavy atom. The lowest BCUT2D eigenvalue weighted by Gasteiger charge is -2.14. The summed E-state index contributed by atoms with van der Waals surface area (Å²) in [5, 5.41) is 11.4. The third kappa shape index (κ3) is 3.70. The topological polar surface area (TPSA) is 76.9 Å². The molecule has 0 saturated carbocycles. The van der Waals surface area contributed by atoms with Gasteiger partial charge in [0.25, 0.3) is 5.56 Å². The van der Waals surface area contributed by atoms with Gasteiger partial charge in [0, 0.05) is 4.88 Å². The summed E-state index contributed by atoms with van der Waals surface area (Å²) < 4.78 is 1.11. The van der Waals surface area contributed by atoms with Crippen LogP contribution in [0.15, 0.2) is 71.5 Å². The van der Waals surface area contributed by atoms with E-state index >= 15 is 0 Å². The van der Waals surface area contributed by atoms with Gasteiger partial charge >= 0.3 is 0 Å². The van der Waals surface area contributed by atoms with Gasteiger partial charge in [-0.2, -0.15) is 0 Å². The van der Waals surface area contributed by atoms with Crippen molar-refractivity contribution in [2.75, 3.05) is 0 Å². The number of carbonyl (C=O) groups is 1. The van der Waals surface area contributed by atoms with Gasteiger partial charge in [0.1, 0.15) is 6.54 Å². The Labute approximate surface area is 165 Å². The van der Waals surface area contributed by atoms with Crippen molar-refractivity contribution in [1.82, 2.24) is 20.3 Å². The van der Waals surface area contributed by atoms with Crippen LogP contribution in [0.3, 0.4) is 0 Å². The van der Waals surface area contributed by atoms with Crippen molar-refractivity contribution in [3.8, 4) is 10.4 Å². The highest BCUT2D eigenvalue weighted by Gasteiger charge is 2.15. The van der Waals surface area contributed by atoms with Gasteiger partial charge in [-0.1, -0.05) is 65.9 Å². The number of benzene rings is 2. The number of rotatable bonds is 5. The summed E-state index contributed by atoms with van der Waals surface area (Å²) >= 11 is 1.41. The number of hydrogen-bond donors (Lipinski definition) is 1. The molecule has 0 aliphatic carbocycles. The minimum absolute atomic E-state index is 0.160. The summed E-state index contributed by atoms with van der Waals surface area (Å²) in [6.45, 7) is 1.73. The molecule has 0 aliphatic rings. The summed E-state index contributed by atoms with van der Waals surface area (Å²) in [5.41, 5.74) is 1.70. The third-order valence-corrected chi connectivity index (χ3v) is 5.52. The average molecular weight is 390 g/mol. The number of carbonyl (C=O) groups excluding carboxylic acids is 1. The minimum Gasteiger partial charge on any atom is -0.348 e. The Hall–Kier alpha value is -3.32. The van der Waals surface area contributed by atoms with E-state index in [0.29, 0.717) is 10.2 Å². The summed E-state index contributed by atoms with van der Waals surface area (Å²) in [6, 6.07) is 21.1.